The zero-order chi connectivity index (χ0) is 18.6. The topological polar surface area (TPSA) is 66.5 Å². The Kier molecular flexibility index (Phi) is 5.85. The van der Waals surface area contributed by atoms with Crippen molar-refractivity contribution in [3.63, 3.8) is 0 Å². The summed E-state index contributed by atoms with van der Waals surface area (Å²) in [6, 6.07) is 14.5. The Morgan fingerprint density at radius 1 is 1.12 bits per heavy atom. The Morgan fingerprint density at radius 3 is 2.36 bits per heavy atom. The molecule has 0 unspecified atom stereocenters. The summed E-state index contributed by atoms with van der Waals surface area (Å²) in [6.07, 6.45) is 1.10. The second-order valence-corrected chi connectivity index (χ2v) is 8.16. The maximum atomic E-state index is 12.4. The Labute approximate surface area is 149 Å². The van der Waals surface area contributed by atoms with Crippen LogP contribution in [-0.4, -0.2) is 27.1 Å². The Hall–Kier alpha value is -2.34. The molecule has 0 saturated heterocycles. The molecule has 0 aliphatic heterocycles. The Morgan fingerprint density at radius 2 is 1.76 bits per heavy atom. The summed E-state index contributed by atoms with van der Waals surface area (Å²) in [5.41, 5.74) is 3.70. The predicted molar refractivity (Wildman–Crippen MR) is 101 cm³/mol. The number of carbonyl (C=O) groups excluding carboxylic acids is 1. The number of aryl methyl sites for hydroxylation is 2. The molecule has 2 aromatic carbocycles. The molecule has 2 rings (SSSR count). The van der Waals surface area contributed by atoms with Gasteiger partial charge in [-0.15, -0.1) is 0 Å². The number of rotatable bonds is 6. The highest BCUT2D eigenvalue weighted by atomic mass is 32.2. The fraction of sp³-hybridized carbons (Fsp3) is 0.316. The maximum Gasteiger partial charge on any atom is 0.241 e. The van der Waals surface area contributed by atoms with E-state index in [9.17, 15) is 13.2 Å². The van der Waals surface area contributed by atoms with E-state index in [1.165, 1.54) is 0 Å². The molecular formula is C19H24N2O3S. The number of nitrogens with one attached hydrogen (secondary N) is 1. The summed E-state index contributed by atoms with van der Waals surface area (Å²) in [7, 11) is -3.56. The van der Waals surface area contributed by atoms with Gasteiger partial charge in [-0.2, -0.15) is 0 Å². The summed E-state index contributed by atoms with van der Waals surface area (Å²) in [5.74, 6) is -0.345. The van der Waals surface area contributed by atoms with Crippen LogP contribution >= 0.6 is 0 Å². The average molecular weight is 360 g/mol. The minimum atomic E-state index is -3.56. The zero-order valence-electron chi connectivity index (χ0n) is 15.0. The molecule has 0 spiro atoms. The van der Waals surface area contributed by atoms with Gasteiger partial charge in [0.05, 0.1) is 18.0 Å². The Balaban J connectivity index is 2.15. The van der Waals surface area contributed by atoms with Crippen LogP contribution in [0.15, 0.2) is 48.5 Å². The summed E-state index contributed by atoms with van der Waals surface area (Å²) in [6.45, 7) is 5.63. The summed E-state index contributed by atoms with van der Waals surface area (Å²) >= 11 is 0. The molecule has 0 aliphatic rings. The maximum absolute atomic E-state index is 12.4. The lowest BCUT2D eigenvalue weighted by Crippen LogP contribution is -2.41. The van der Waals surface area contributed by atoms with E-state index in [1.54, 1.807) is 30.3 Å². The van der Waals surface area contributed by atoms with Crippen LogP contribution in [0.4, 0.5) is 5.69 Å². The van der Waals surface area contributed by atoms with Gasteiger partial charge in [-0.05, 0) is 44.0 Å². The van der Waals surface area contributed by atoms with Crippen LogP contribution in [0, 0.1) is 13.8 Å². The van der Waals surface area contributed by atoms with Crippen LogP contribution in [0.3, 0.4) is 0 Å². The largest absolute Gasteiger partial charge is 0.348 e. The van der Waals surface area contributed by atoms with Crippen molar-refractivity contribution in [1.29, 1.82) is 0 Å². The molecule has 1 amide bonds. The van der Waals surface area contributed by atoms with Crippen LogP contribution in [0.5, 0.6) is 0 Å². The number of amides is 1. The van der Waals surface area contributed by atoms with Gasteiger partial charge in [-0.3, -0.25) is 9.10 Å². The number of benzene rings is 2. The number of sulfonamides is 1. The van der Waals surface area contributed by atoms with Gasteiger partial charge in [0.15, 0.2) is 0 Å². The summed E-state index contributed by atoms with van der Waals surface area (Å²) in [5, 5.41) is 2.89. The quantitative estimate of drug-likeness (QED) is 0.861. The van der Waals surface area contributed by atoms with Gasteiger partial charge in [0.25, 0.3) is 0 Å². The number of nitrogens with zero attached hydrogens (tertiary/aromatic N) is 1. The van der Waals surface area contributed by atoms with Gasteiger partial charge in [-0.1, -0.05) is 42.0 Å². The predicted octanol–water partition coefficient (Wildman–Crippen LogP) is 2.95. The molecule has 1 atom stereocenters. The lowest BCUT2D eigenvalue weighted by Gasteiger charge is -2.23. The van der Waals surface area contributed by atoms with Crippen LogP contribution < -0.4 is 9.62 Å². The van der Waals surface area contributed by atoms with Gasteiger partial charge in [-0.25, -0.2) is 8.42 Å². The molecule has 0 aromatic heterocycles. The van der Waals surface area contributed by atoms with Crippen LogP contribution in [0.25, 0.3) is 0 Å². The van der Waals surface area contributed by atoms with Crippen molar-refractivity contribution in [2.75, 3.05) is 17.1 Å². The minimum absolute atomic E-state index is 0.204. The van der Waals surface area contributed by atoms with Crippen LogP contribution in [-0.2, 0) is 14.8 Å². The van der Waals surface area contributed by atoms with E-state index in [-0.39, 0.29) is 18.5 Å². The molecule has 134 valence electrons. The second kappa shape index (κ2) is 7.70. The van der Waals surface area contributed by atoms with Crippen molar-refractivity contribution in [2.24, 2.45) is 0 Å². The first-order valence-electron chi connectivity index (χ1n) is 8.08. The first-order valence-corrected chi connectivity index (χ1v) is 9.92. The smallest absolute Gasteiger partial charge is 0.241 e. The molecule has 5 nitrogen and oxygen atoms in total. The lowest BCUT2D eigenvalue weighted by molar-refractivity contribution is -0.120. The number of carbonyl (C=O) groups is 1. The van der Waals surface area contributed by atoms with Crippen molar-refractivity contribution in [2.45, 2.75) is 26.8 Å². The van der Waals surface area contributed by atoms with E-state index in [1.807, 2.05) is 39.0 Å². The molecule has 0 saturated carbocycles. The molecule has 0 fully saturated rings. The molecular weight excluding hydrogens is 336 g/mol. The first-order chi connectivity index (χ1) is 11.7. The van der Waals surface area contributed by atoms with Gasteiger partial charge in [0, 0.05) is 0 Å². The van der Waals surface area contributed by atoms with Gasteiger partial charge < -0.3 is 5.32 Å². The third kappa shape index (κ3) is 5.06. The third-order valence-electron chi connectivity index (χ3n) is 4.01. The van der Waals surface area contributed by atoms with Gasteiger partial charge in [0.1, 0.15) is 6.54 Å². The number of hydrogen-bond donors (Lipinski definition) is 1. The van der Waals surface area contributed by atoms with Crippen LogP contribution in [0.2, 0.25) is 0 Å². The SMILES string of the molecule is Cc1ccc(C)c([C@H](C)NC(=O)CN(c2ccccc2)S(C)(=O)=O)c1. The second-order valence-electron chi connectivity index (χ2n) is 6.25. The molecule has 0 aliphatic carbocycles. The van der Waals surface area contributed by atoms with Crippen molar-refractivity contribution in [3.8, 4) is 0 Å². The number of anilines is 1. The van der Waals surface area contributed by atoms with Crippen molar-refractivity contribution in [3.05, 3.63) is 65.2 Å². The van der Waals surface area contributed by atoms with E-state index in [2.05, 4.69) is 5.32 Å². The molecule has 25 heavy (non-hydrogen) atoms. The molecule has 2 aromatic rings. The molecule has 6 heteroatoms. The van der Waals surface area contributed by atoms with E-state index in [0.717, 1.165) is 27.3 Å². The van der Waals surface area contributed by atoms with Crippen molar-refractivity contribution >= 4 is 21.6 Å². The van der Waals surface area contributed by atoms with Gasteiger partial charge in [0.2, 0.25) is 15.9 Å². The fourth-order valence-corrected chi connectivity index (χ4v) is 3.57. The van der Waals surface area contributed by atoms with Gasteiger partial charge >= 0.3 is 0 Å². The molecule has 0 bridgehead atoms. The highest BCUT2D eigenvalue weighted by Gasteiger charge is 2.22. The van der Waals surface area contributed by atoms with Crippen molar-refractivity contribution in [1.82, 2.24) is 5.32 Å². The standard InChI is InChI=1S/C19H24N2O3S/c1-14-10-11-15(2)18(12-14)16(3)20-19(22)13-21(25(4,23)24)17-8-6-5-7-9-17/h5-12,16H,13H2,1-4H3,(H,20,22)/t16-/m0/s1. The Bertz CT molecular complexity index is 848. The fourth-order valence-electron chi connectivity index (χ4n) is 2.72. The third-order valence-corrected chi connectivity index (χ3v) is 5.15. The van der Waals surface area contributed by atoms with Crippen LogP contribution in [0.1, 0.15) is 29.7 Å². The van der Waals surface area contributed by atoms with E-state index < -0.39 is 10.0 Å². The monoisotopic (exact) mass is 360 g/mol. The highest BCUT2D eigenvalue weighted by molar-refractivity contribution is 7.92. The zero-order valence-corrected chi connectivity index (χ0v) is 15.8. The highest BCUT2D eigenvalue weighted by Crippen LogP contribution is 2.20. The van der Waals surface area contributed by atoms with E-state index in [4.69, 9.17) is 0 Å². The number of hydrogen-bond acceptors (Lipinski definition) is 3. The normalized spacial score (nSPS) is 12.5. The average Bonchev–Trinajstić information content (AvgIpc) is 2.54. The van der Waals surface area contributed by atoms with E-state index >= 15 is 0 Å². The number of para-hydroxylation sites is 1. The summed E-state index contributed by atoms with van der Waals surface area (Å²) < 4.78 is 25.2. The lowest BCUT2D eigenvalue weighted by atomic mass is 10.00. The summed E-state index contributed by atoms with van der Waals surface area (Å²) in [4.78, 5) is 12.4. The first kappa shape index (κ1) is 19.0. The molecule has 0 heterocycles. The van der Waals surface area contributed by atoms with Crippen molar-refractivity contribution < 1.29 is 13.2 Å². The molecule has 0 radical (unpaired) electrons. The minimum Gasteiger partial charge on any atom is -0.348 e. The van der Waals surface area contributed by atoms with E-state index in [0.29, 0.717) is 5.69 Å². The molecule has 1 N–H and O–H groups in total.